The Balaban J connectivity index is 2.01. The molecule has 0 spiro atoms. The lowest BCUT2D eigenvalue weighted by Crippen LogP contribution is -2.18. The van der Waals surface area contributed by atoms with Crippen molar-refractivity contribution in [1.29, 1.82) is 0 Å². The van der Waals surface area contributed by atoms with E-state index >= 15 is 0 Å². The molecule has 0 atom stereocenters. The van der Waals surface area contributed by atoms with Crippen molar-refractivity contribution >= 4 is 51.0 Å². The Bertz CT molecular complexity index is 1150. The Morgan fingerprint density at radius 3 is 2.43 bits per heavy atom. The Kier molecular flexibility index (Phi) is 5.08. The van der Waals surface area contributed by atoms with Crippen molar-refractivity contribution in [1.82, 2.24) is 4.57 Å². The molecule has 0 unspecified atom stereocenters. The summed E-state index contributed by atoms with van der Waals surface area (Å²) in [5.74, 6) is -0.764. The quantitative estimate of drug-likeness (QED) is 0.609. The second-order valence-corrected chi connectivity index (χ2v) is 8.13. The molecular formula is C21H19Cl2NO4. The van der Waals surface area contributed by atoms with Gasteiger partial charge >= 0.3 is 5.97 Å². The van der Waals surface area contributed by atoms with Crippen LogP contribution in [0, 0.1) is 0 Å². The molecule has 0 saturated heterocycles. The first-order valence-corrected chi connectivity index (χ1v) is 9.96. The molecule has 0 radical (unpaired) electrons. The minimum absolute atomic E-state index is 0.172. The van der Waals surface area contributed by atoms with Gasteiger partial charge in [-0.1, -0.05) is 29.3 Å². The topological polar surface area (TPSA) is 79.5 Å². The number of aliphatic hydroxyl groups is 1. The summed E-state index contributed by atoms with van der Waals surface area (Å²) in [6, 6.07) is 8.71. The van der Waals surface area contributed by atoms with Crippen molar-refractivity contribution in [2.24, 2.45) is 0 Å². The highest BCUT2D eigenvalue weighted by Gasteiger charge is 2.23. The van der Waals surface area contributed by atoms with Crippen LogP contribution in [0.25, 0.3) is 21.8 Å². The van der Waals surface area contributed by atoms with Crippen LogP contribution in [0.1, 0.15) is 37.2 Å². The van der Waals surface area contributed by atoms with E-state index in [1.54, 1.807) is 22.8 Å². The number of halogens is 2. The summed E-state index contributed by atoms with van der Waals surface area (Å²) in [4.78, 5) is 24.6. The largest absolute Gasteiger partial charge is 0.480 e. The van der Waals surface area contributed by atoms with Crippen LogP contribution in [-0.2, 0) is 11.3 Å². The number of benzene rings is 2. The van der Waals surface area contributed by atoms with Crippen molar-refractivity contribution in [2.45, 2.75) is 44.2 Å². The predicted octanol–water partition coefficient (Wildman–Crippen LogP) is 4.56. The monoisotopic (exact) mass is 419 g/mol. The molecule has 7 heteroatoms. The molecule has 1 aliphatic carbocycles. The summed E-state index contributed by atoms with van der Waals surface area (Å²) in [5, 5.41) is 20.5. The minimum Gasteiger partial charge on any atom is -0.480 e. The second kappa shape index (κ2) is 7.39. The second-order valence-electron chi connectivity index (χ2n) is 7.35. The average molecular weight is 420 g/mol. The van der Waals surface area contributed by atoms with Crippen LogP contribution in [-0.4, -0.2) is 26.9 Å². The summed E-state index contributed by atoms with van der Waals surface area (Å²) in [7, 11) is 0. The average Bonchev–Trinajstić information content (AvgIpc) is 2.67. The summed E-state index contributed by atoms with van der Waals surface area (Å²) < 4.78 is 1.56. The number of fused-ring (bicyclic) bond motifs is 2. The van der Waals surface area contributed by atoms with Crippen LogP contribution in [0.15, 0.2) is 35.1 Å². The lowest BCUT2D eigenvalue weighted by molar-refractivity contribution is -0.137. The number of carboxylic acid groups (broad SMARTS) is 1. The maximum Gasteiger partial charge on any atom is 0.323 e. The van der Waals surface area contributed by atoms with Gasteiger partial charge < -0.3 is 14.8 Å². The maximum atomic E-state index is 13.0. The molecule has 3 aromatic rings. The molecule has 5 nitrogen and oxygen atoms in total. The first kappa shape index (κ1) is 19.2. The number of nitrogens with zero attached hydrogens (tertiary/aromatic N) is 1. The summed E-state index contributed by atoms with van der Waals surface area (Å²) in [6.45, 7) is -0.333. The van der Waals surface area contributed by atoms with Crippen molar-refractivity contribution in [3.8, 4) is 0 Å². The molecule has 146 valence electrons. The van der Waals surface area contributed by atoms with Crippen LogP contribution in [0.4, 0.5) is 0 Å². The van der Waals surface area contributed by atoms with Gasteiger partial charge in [0.05, 0.1) is 27.2 Å². The highest BCUT2D eigenvalue weighted by molar-refractivity contribution is 6.45. The fraction of sp³-hybridized carbons (Fsp3) is 0.333. The number of rotatable bonds is 3. The van der Waals surface area contributed by atoms with Gasteiger partial charge in [-0.05, 0) is 61.4 Å². The third kappa shape index (κ3) is 3.28. The third-order valence-electron chi connectivity index (χ3n) is 5.60. The zero-order valence-corrected chi connectivity index (χ0v) is 16.5. The number of hydrogen-bond acceptors (Lipinski definition) is 3. The van der Waals surface area contributed by atoms with Crippen molar-refractivity contribution in [3.05, 3.63) is 56.2 Å². The van der Waals surface area contributed by atoms with Gasteiger partial charge in [-0.2, -0.15) is 0 Å². The normalized spacial score (nSPS) is 20.0. The summed E-state index contributed by atoms with van der Waals surface area (Å²) in [5.41, 5.74) is 1.71. The molecule has 1 aliphatic rings. The third-order valence-corrected chi connectivity index (χ3v) is 6.40. The molecular weight excluding hydrogens is 401 g/mol. The SMILES string of the molecule is O=C(O)Cn1c2cc(C3CCC(O)CC3)ccc2c(=O)c2ccc(Cl)c(Cl)c21. The van der Waals surface area contributed by atoms with Gasteiger partial charge in [-0.3, -0.25) is 9.59 Å². The molecule has 1 aromatic heterocycles. The van der Waals surface area contributed by atoms with Gasteiger partial charge in [0.1, 0.15) is 6.54 Å². The Labute approximate surface area is 171 Å². The smallest absolute Gasteiger partial charge is 0.323 e. The van der Waals surface area contributed by atoms with Crippen LogP contribution >= 0.6 is 23.2 Å². The van der Waals surface area contributed by atoms with Crippen LogP contribution in [0.5, 0.6) is 0 Å². The van der Waals surface area contributed by atoms with Crippen molar-refractivity contribution in [2.75, 3.05) is 0 Å². The van der Waals surface area contributed by atoms with E-state index in [4.69, 9.17) is 23.2 Å². The van der Waals surface area contributed by atoms with Crippen LogP contribution in [0.2, 0.25) is 10.0 Å². The zero-order chi connectivity index (χ0) is 20.0. The molecule has 1 fully saturated rings. The minimum atomic E-state index is -1.03. The maximum absolute atomic E-state index is 13.0. The molecule has 28 heavy (non-hydrogen) atoms. The van der Waals surface area contributed by atoms with E-state index in [0.29, 0.717) is 21.8 Å². The highest BCUT2D eigenvalue weighted by atomic mass is 35.5. The number of carboxylic acids is 1. The van der Waals surface area contributed by atoms with Crippen LogP contribution < -0.4 is 5.43 Å². The lowest BCUT2D eigenvalue weighted by atomic mass is 9.82. The fourth-order valence-corrected chi connectivity index (χ4v) is 4.60. The molecule has 0 amide bonds. The Morgan fingerprint density at radius 1 is 1.07 bits per heavy atom. The molecule has 2 aromatic carbocycles. The number of aromatic nitrogens is 1. The van der Waals surface area contributed by atoms with Gasteiger partial charge in [0, 0.05) is 10.8 Å². The van der Waals surface area contributed by atoms with Crippen molar-refractivity contribution in [3.63, 3.8) is 0 Å². The van der Waals surface area contributed by atoms with Gasteiger partial charge in [0.15, 0.2) is 5.43 Å². The van der Waals surface area contributed by atoms with Gasteiger partial charge in [-0.15, -0.1) is 0 Å². The lowest BCUT2D eigenvalue weighted by Gasteiger charge is -2.26. The first-order valence-electron chi connectivity index (χ1n) is 9.21. The molecule has 1 saturated carbocycles. The van der Waals surface area contributed by atoms with E-state index < -0.39 is 5.97 Å². The van der Waals surface area contributed by atoms with Gasteiger partial charge in [-0.25, -0.2) is 0 Å². The standard InChI is InChI=1S/C21H19Cl2NO4/c22-16-8-7-15-20(19(16)23)24(10-18(26)27)17-9-12(3-6-14(17)21(15)28)11-1-4-13(25)5-2-11/h3,6-9,11,13,25H,1-2,4-5,10H2,(H,26,27). The molecule has 4 rings (SSSR count). The van der Waals surface area contributed by atoms with E-state index in [1.165, 1.54) is 0 Å². The van der Waals surface area contributed by atoms with E-state index in [1.807, 2.05) is 12.1 Å². The first-order chi connectivity index (χ1) is 13.4. The van der Waals surface area contributed by atoms with Gasteiger partial charge in [0.2, 0.25) is 0 Å². The number of aliphatic hydroxyl groups excluding tert-OH is 1. The number of hydrogen-bond donors (Lipinski definition) is 2. The summed E-state index contributed by atoms with van der Waals surface area (Å²) >= 11 is 12.5. The van der Waals surface area contributed by atoms with Crippen LogP contribution in [0.3, 0.4) is 0 Å². The molecule has 0 aliphatic heterocycles. The number of carbonyl (C=O) groups is 1. The van der Waals surface area contributed by atoms with Crippen molar-refractivity contribution < 1.29 is 15.0 Å². The van der Waals surface area contributed by atoms with E-state index in [0.717, 1.165) is 31.2 Å². The Morgan fingerprint density at radius 2 is 1.75 bits per heavy atom. The molecule has 1 heterocycles. The molecule has 2 N–H and O–H groups in total. The molecule has 0 bridgehead atoms. The number of aliphatic carboxylic acids is 1. The fourth-order valence-electron chi connectivity index (χ4n) is 4.18. The zero-order valence-electron chi connectivity index (χ0n) is 15.0. The van der Waals surface area contributed by atoms with E-state index in [9.17, 15) is 19.8 Å². The van der Waals surface area contributed by atoms with Gasteiger partial charge in [0.25, 0.3) is 0 Å². The summed E-state index contributed by atoms with van der Waals surface area (Å²) in [6.07, 6.45) is 2.94. The number of pyridine rings is 1. The van der Waals surface area contributed by atoms with E-state index in [2.05, 4.69) is 0 Å². The Hall–Kier alpha value is -2.08. The highest BCUT2D eigenvalue weighted by Crippen LogP contribution is 2.36. The predicted molar refractivity (Wildman–Crippen MR) is 111 cm³/mol. The van der Waals surface area contributed by atoms with E-state index in [-0.39, 0.29) is 34.0 Å².